The van der Waals surface area contributed by atoms with Crippen molar-refractivity contribution < 1.29 is 17.9 Å². The van der Waals surface area contributed by atoms with Crippen LogP contribution in [-0.4, -0.2) is 27.0 Å². The predicted octanol–water partition coefficient (Wildman–Crippen LogP) is 5.61. The molecule has 0 aliphatic rings. The summed E-state index contributed by atoms with van der Waals surface area (Å²) in [7, 11) is -4.07. The number of carbonyl (C=O) groups excluding carboxylic acids is 1. The Balaban J connectivity index is 1.88. The van der Waals surface area contributed by atoms with Gasteiger partial charge in [-0.1, -0.05) is 41.4 Å². The number of sulfonamides is 1. The fraction of sp³-hybridized carbons (Fsp3) is 0.174. The van der Waals surface area contributed by atoms with Gasteiger partial charge in [0, 0.05) is 10.7 Å². The van der Waals surface area contributed by atoms with Crippen LogP contribution in [0.1, 0.15) is 13.8 Å². The second-order valence-corrected chi connectivity index (χ2v) is 9.87. The number of hydrogen-bond donors (Lipinski definition) is 1. The van der Waals surface area contributed by atoms with Gasteiger partial charge in [-0.05, 0) is 68.4 Å². The average Bonchev–Trinajstić information content (AvgIpc) is 2.74. The Bertz CT molecular complexity index is 1180. The van der Waals surface area contributed by atoms with E-state index >= 15 is 0 Å². The van der Waals surface area contributed by atoms with E-state index in [2.05, 4.69) is 5.32 Å². The number of rotatable bonds is 8. The maximum atomic E-state index is 13.3. The Morgan fingerprint density at radius 2 is 1.66 bits per heavy atom. The molecule has 0 fully saturated rings. The summed E-state index contributed by atoms with van der Waals surface area (Å²) >= 11 is 12.3. The first-order valence-electron chi connectivity index (χ1n) is 9.76. The number of ether oxygens (including phenoxy) is 1. The molecule has 32 heavy (non-hydrogen) atoms. The predicted molar refractivity (Wildman–Crippen MR) is 128 cm³/mol. The van der Waals surface area contributed by atoms with Crippen LogP contribution in [0.4, 0.5) is 11.4 Å². The first kappa shape index (κ1) is 23.9. The minimum absolute atomic E-state index is 0.0244. The number of anilines is 2. The zero-order valence-corrected chi connectivity index (χ0v) is 19.8. The molecule has 0 atom stereocenters. The van der Waals surface area contributed by atoms with Gasteiger partial charge in [0.05, 0.1) is 21.7 Å². The third-order valence-electron chi connectivity index (χ3n) is 4.31. The van der Waals surface area contributed by atoms with Crippen LogP contribution >= 0.6 is 23.2 Å². The molecule has 0 unspecified atom stereocenters. The van der Waals surface area contributed by atoms with Crippen LogP contribution in [0.3, 0.4) is 0 Å². The first-order valence-corrected chi connectivity index (χ1v) is 12.0. The standard InChI is InChI=1S/C23H22Cl2N2O4S/c1-16(2)31-19-11-9-18(10-12-19)26-23(28)15-27(22-13-8-17(24)14-21(22)25)32(29,30)20-6-4-3-5-7-20/h3-14,16H,15H2,1-2H3,(H,26,28). The Kier molecular flexibility index (Phi) is 7.66. The minimum atomic E-state index is -4.07. The van der Waals surface area contributed by atoms with Crippen LogP contribution in [-0.2, 0) is 14.8 Å². The molecule has 9 heteroatoms. The highest BCUT2D eigenvalue weighted by Crippen LogP contribution is 2.32. The van der Waals surface area contributed by atoms with Crippen molar-refractivity contribution in [3.63, 3.8) is 0 Å². The number of benzene rings is 3. The molecule has 0 saturated heterocycles. The fourth-order valence-corrected chi connectivity index (χ4v) is 4.94. The summed E-state index contributed by atoms with van der Waals surface area (Å²) in [5.74, 6) is 0.132. The Labute approximate surface area is 197 Å². The molecule has 3 aromatic carbocycles. The molecule has 3 aromatic rings. The third kappa shape index (κ3) is 5.94. The lowest BCUT2D eigenvalue weighted by Crippen LogP contribution is -2.38. The van der Waals surface area contributed by atoms with Gasteiger partial charge in [-0.25, -0.2) is 8.42 Å². The van der Waals surface area contributed by atoms with Gasteiger partial charge in [0.15, 0.2) is 0 Å². The lowest BCUT2D eigenvalue weighted by Gasteiger charge is -2.25. The number of amides is 1. The molecule has 6 nitrogen and oxygen atoms in total. The number of nitrogens with one attached hydrogen (secondary N) is 1. The second-order valence-electron chi connectivity index (χ2n) is 7.16. The average molecular weight is 493 g/mol. The minimum Gasteiger partial charge on any atom is -0.491 e. The number of nitrogens with zero attached hydrogens (tertiary/aromatic N) is 1. The largest absolute Gasteiger partial charge is 0.491 e. The van der Waals surface area contributed by atoms with E-state index < -0.39 is 22.5 Å². The van der Waals surface area contributed by atoms with Gasteiger partial charge >= 0.3 is 0 Å². The van der Waals surface area contributed by atoms with Crippen molar-refractivity contribution in [3.05, 3.63) is 82.8 Å². The summed E-state index contributed by atoms with van der Waals surface area (Å²) in [6, 6.07) is 19.1. The van der Waals surface area contributed by atoms with Gasteiger partial charge in [0.2, 0.25) is 5.91 Å². The molecule has 0 aliphatic carbocycles. The topological polar surface area (TPSA) is 75.7 Å². The van der Waals surface area contributed by atoms with Crippen molar-refractivity contribution in [2.45, 2.75) is 24.8 Å². The molecule has 1 N–H and O–H groups in total. The summed E-state index contributed by atoms with van der Waals surface area (Å²) in [6.07, 6.45) is 0.0244. The summed E-state index contributed by atoms with van der Waals surface area (Å²) in [6.45, 7) is 3.35. The number of carbonyl (C=O) groups is 1. The summed E-state index contributed by atoms with van der Waals surface area (Å²) in [5.41, 5.74) is 0.654. The molecule has 0 saturated carbocycles. The van der Waals surface area contributed by atoms with Gasteiger partial charge in [-0.2, -0.15) is 0 Å². The molecular formula is C23H22Cl2N2O4S. The third-order valence-corrected chi connectivity index (χ3v) is 6.62. The molecule has 0 aliphatic heterocycles. The second kappa shape index (κ2) is 10.3. The summed E-state index contributed by atoms with van der Waals surface area (Å²) in [4.78, 5) is 12.8. The Morgan fingerprint density at radius 1 is 1.00 bits per heavy atom. The van der Waals surface area contributed by atoms with Gasteiger partial charge in [0.1, 0.15) is 12.3 Å². The van der Waals surface area contributed by atoms with Crippen molar-refractivity contribution in [1.82, 2.24) is 0 Å². The molecule has 0 heterocycles. The smallest absolute Gasteiger partial charge is 0.264 e. The highest BCUT2D eigenvalue weighted by atomic mass is 35.5. The van der Waals surface area contributed by atoms with E-state index in [4.69, 9.17) is 27.9 Å². The van der Waals surface area contributed by atoms with E-state index in [1.807, 2.05) is 13.8 Å². The SMILES string of the molecule is CC(C)Oc1ccc(NC(=O)CN(c2ccc(Cl)cc2Cl)S(=O)(=O)c2ccccc2)cc1. The quantitative estimate of drug-likeness (QED) is 0.442. The molecule has 0 spiro atoms. The zero-order chi connectivity index (χ0) is 23.3. The van der Waals surface area contributed by atoms with Crippen LogP contribution in [0.15, 0.2) is 77.7 Å². The molecule has 168 valence electrons. The van der Waals surface area contributed by atoms with Crippen molar-refractivity contribution in [2.75, 3.05) is 16.2 Å². The van der Waals surface area contributed by atoms with Crippen molar-refractivity contribution >= 4 is 50.5 Å². The normalized spacial score (nSPS) is 11.3. The molecule has 3 rings (SSSR count). The van der Waals surface area contributed by atoms with Gasteiger partial charge in [0.25, 0.3) is 10.0 Å². The van der Waals surface area contributed by atoms with Crippen molar-refractivity contribution in [2.24, 2.45) is 0 Å². The van der Waals surface area contributed by atoms with Crippen LogP contribution in [0, 0.1) is 0 Å². The van der Waals surface area contributed by atoms with E-state index in [-0.39, 0.29) is 21.7 Å². The van der Waals surface area contributed by atoms with E-state index in [1.54, 1.807) is 42.5 Å². The van der Waals surface area contributed by atoms with Gasteiger partial charge < -0.3 is 10.1 Å². The maximum absolute atomic E-state index is 13.3. The highest BCUT2D eigenvalue weighted by Gasteiger charge is 2.28. The van der Waals surface area contributed by atoms with Crippen LogP contribution in [0.25, 0.3) is 0 Å². The zero-order valence-electron chi connectivity index (χ0n) is 17.5. The molecular weight excluding hydrogens is 471 g/mol. The maximum Gasteiger partial charge on any atom is 0.264 e. The van der Waals surface area contributed by atoms with E-state index in [1.165, 1.54) is 30.3 Å². The molecule has 0 bridgehead atoms. The van der Waals surface area contributed by atoms with Crippen LogP contribution in [0.2, 0.25) is 10.0 Å². The van der Waals surface area contributed by atoms with Crippen LogP contribution < -0.4 is 14.4 Å². The van der Waals surface area contributed by atoms with Gasteiger partial charge in [-0.3, -0.25) is 9.10 Å². The summed E-state index contributed by atoms with van der Waals surface area (Å²) < 4.78 is 33.2. The fourth-order valence-electron chi connectivity index (χ4n) is 2.92. The molecule has 0 aromatic heterocycles. The van der Waals surface area contributed by atoms with E-state index in [0.717, 1.165) is 4.31 Å². The Morgan fingerprint density at radius 3 is 2.25 bits per heavy atom. The molecule has 0 radical (unpaired) electrons. The first-order chi connectivity index (χ1) is 15.2. The highest BCUT2D eigenvalue weighted by molar-refractivity contribution is 7.92. The van der Waals surface area contributed by atoms with Crippen molar-refractivity contribution in [1.29, 1.82) is 0 Å². The van der Waals surface area contributed by atoms with Crippen molar-refractivity contribution in [3.8, 4) is 5.75 Å². The monoisotopic (exact) mass is 492 g/mol. The Hall–Kier alpha value is -2.74. The molecule has 1 amide bonds. The van der Waals surface area contributed by atoms with E-state index in [0.29, 0.717) is 16.5 Å². The lowest BCUT2D eigenvalue weighted by molar-refractivity contribution is -0.114. The van der Waals surface area contributed by atoms with Gasteiger partial charge in [-0.15, -0.1) is 0 Å². The van der Waals surface area contributed by atoms with Crippen LogP contribution in [0.5, 0.6) is 5.75 Å². The number of hydrogen-bond acceptors (Lipinski definition) is 4. The number of halogens is 2. The summed E-state index contributed by atoms with van der Waals surface area (Å²) in [5, 5.41) is 3.17. The van der Waals surface area contributed by atoms with E-state index in [9.17, 15) is 13.2 Å². The lowest BCUT2D eigenvalue weighted by atomic mass is 10.3.